The Kier molecular flexibility index (Phi) is 5.11. The highest BCUT2D eigenvalue weighted by atomic mass is 35.5. The van der Waals surface area contributed by atoms with E-state index in [9.17, 15) is 4.79 Å². The van der Waals surface area contributed by atoms with E-state index in [2.05, 4.69) is 15.3 Å². The van der Waals surface area contributed by atoms with Crippen LogP contribution in [0, 0.1) is 5.92 Å². The summed E-state index contributed by atoms with van der Waals surface area (Å²) in [5.41, 5.74) is 5.92. The van der Waals surface area contributed by atoms with Gasteiger partial charge in [0, 0.05) is 0 Å². The molecule has 1 amide bonds. The maximum absolute atomic E-state index is 11.7. The second-order valence-electron chi connectivity index (χ2n) is 4.06. The Labute approximate surface area is 110 Å². The number of hydrogen-bond donors (Lipinski definition) is 2. The Bertz CT molecular complexity index is 391. The first-order valence-electron chi connectivity index (χ1n) is 5.14. The molecule has 1 rings (SSSR count). The van der Waals surface area contributed by atoms with E-state index in [4.69, 9.17) is 28.9 Å². The molecule has 7 heteroatoms. The summed E-state index contributed by atoms with van der Waals surface area (Å²) in [7, 11) is 0. The predicted octanol–water partition coefficient (Wildman–Crippen LogP) is 2.10. The summed E-state index contributed by atoms with van der Waals surface area (Å²) in [6.45, 7) is 3.97. The van der Waals surface area contributed by atoms with Gasteiger partial charge in [0.1, 0.15) is 12.0 Å². The fourth-order valence-electron chi connectivity index (χ4n) is 1.28. The number of nitrogens with zero attached hydrogens (tertiary/aromatic N) is 2. The van der Waals surface area contributed by atoms with Crippen molar-refractivity contribution in [1.82, 2.24) is 9.97 Å². The molecular formula is C10H14Cl2N4O. The molecule has 0 aliphatic heterocycles. The van der Waals surface area contributed by atoms with Crippen molar-refractivity contribution in [1.29, 1.82) is 0 Å². The molecule has 0 fully saturated rings. The van der Waals surface area contributed by atoms with Crippen molar-refractivity contribution >= 4 is 34.8 Å². The molecule has 0 unspecified atom stereocenters. The van der Waals surface area contributed by atoms with Crippen molar-refractivity contribution in [2.45, 2.75) is 26.3 Å². The molecule has 3 N–H and O–H groups in total. The van der Waals surface area contributed by atoms with Gasteiger partial charge in [-0.2, -0.15) is 0 Å². The Balaban J connectivity index is 2.74. The van der Waals surface area contributed by atoms with Gasteiger partial charge in [-0.05, 0) is 12.3 Å². The van der Waals surface area contributed by atoms with Gasteiger partial charge in [0.05, 0.1) is 6.04 Å². The van der Waals surface area contributed by atoms with Crippen molar-refractivity contribution in [3.05, 3.63) is 16.6 Å². The van der Waals surface area contributed by atoms with Gasteiger partial charge in [0.25, 0.3) is 0 Å². The van der Waals surface area contributed by atoms with E-state index in [1.165, 1.54) is 6.33 Å². The second kappa shape index (κ2) is 6.14. The highest BCUT2D eigenvalue weighted by Gasteiger charge is 2.18. The number of carbonyl (C=O) groups excluding carboxylic acids is 1. The summed E-state index contributed by atoms with van der Waals surface area (Å²) in [6.07, 6.45) is 1.79. The molecule has 1 aromatic heterocycles. The van der Waals surface area contributed by atoms with E-state index < -0.39 is 6.04 Å². The second-order valence-corrected chi connectivity index (χ2v) is 4.77. The Hall–Kier alpha value is -0.910. The number of amides is 1. The minimum absolute atomic E-state index is 0.0927. The monoisotopic (exact) mass is 276 g/mol. The van der Waals surface area contributed by atoms with Crippen LogP contribution in [0.15, 0.2) is 6.33 Å². The van der Waals surface area contributed by atoms with Crippen LogP contribution in [0.5, 0.6) is 0 Å². The van der Waals surface area contributed by atoms with Gasteiger partial charge < -0.3 is 11.1 Å². The minimum Gasteiger partial charge on any atom is -0.320 e. The van der Waals surface area contributed by atoms with Crippen LogP contribution in [0.25, 0.3) is 0 Å². The largest absolute Gasteiger partial charge is 0.320 e. The average Bonchev–Trinajstić information content (AvgIpc) is 2.22. The molecule has 1 atom stereocenters. The highest BCUT2D eigenvalue weighted by molar-refractivity contribution is 6.38. The zero-order valence-electron chi connectivity index (χ0n) is 9.58. The van der Waals surface area contributed by atoms with Crippen molar-refractivity contribution < 1.29 is 4.79 Å². The molecule has 94 valence electrons. The van der Waals surface area contributed by atoms with Crippen LogP contribution < -0.4 is 11.1 Å². The third-order valence-corrected chi connectivity index (χ3v) is 2.64. The van der Waals surface area contributed by atoms with Gasteiger partial charge in [-0.15, -0.1) is 0 Å². The van der Waals surface area contributed by atoms with Gasteiger partial charge in [-0.1, -0.05) is 37.0 Å². The fraction of sp³-hybridized carbons (Fsp3) is 0.500. The van der Waals surface area contributed by atoms with E-state index in [0.717, 1.165) is 0 Å². The van der Waals surface area contributed by atoms with Crippen LogP contribution in [0.2, 0.25) is 10.3 Å². The van der Waals surface area contributed by atoms with Crippen molar-refractivity contribution in [2.75, 3.05) is 5.32 Å². The number of halogens is 2. The maximum Gasteiger partial charge on any atom is 0.241 e. The average molecular weight is 277 g/mol. The molecule has 0 aromatic carbocycles. The van der Waals surface area contributed by atoms with Crippen LogP contribution in [0.4, 0.5) is 5.69 Å². The predicted molar refractivity (Wildman–Crippen MR) is 68.1 cm³/mol. The Morgan fingerprint density at radius 2 is 1.94 bits per heavy atom. The van der Waals surface area contributed by atoms with Crippen molar-refractivity contribution in [3.8, 4) is 0 Å². The number of carbonyl (C=O) groups is 1. The van der Waals surface area contributed by atoms with Crippen LogP contribution in [0.3, 0.4) is 0 Å². The number of rotatable bonds is 4. The van der Waals surface area contributed by atoms with Gasteiger partial charge in [0.2, 0.25) is 5.91 Å². The first kappa shape index (κ1) is 14.2. The molecule has 1 aromatic rings. The molecular weight excluding hydrogens is 263 g/mol. The summed E-state index contributed by atoms with van der Waals surface area (Å²) in [5, 5.41) is 2.72. The van der Waals surface area contributed by atoms with Crippen LogP contribution >= 0.6 is 23.2 Å². The number of aromatic nitrogens is 2. The first-order chi connectivity index (χ1) is 7.91. The number of hydrogen-bond acceptors (Lipinski definition) is 4. The lowest BCUT2D eigenvalue weighted by molar-refractivity contribution is -0.117. The molecule has 0 radical (unpaired) electrons. The SMILES string of the molecule is CC(C)C[C@@H](N)C(=O)Nc1c(Cl)ncnc1Cl. The summed E-state index contributed by atoms with van der Waals surface area (Å²) < 4.78 is 0. The van der Waals surface area contributed by atoms with E-state index in [0.29, 0.717) is 12.3 Å². The number of nitrogens with two attached hydrogens (primary N) is 1. The zero-order chi connectivity index (χ0) is 13.0. The van der Waals surface area contributed by atoms with Crippen molar-refractivity contribution in [3.63, 3.8) is 0 Å². The zero-order valence-corrected chi connectivity index (χ0v) is 11.1. The van der Waals surface area contributed by atoms with Crippen LogP contribution in [-0.4, -0.2) is 21.9 Å². The van der Waals surface area contributed by atoms with Gasteiger partial charge in [-0.3, -0.25) is 4.79 Å². The quantitative estimate of drug-likeness (QED) is 0.826. The van der Waals surface area contributed by atoms with Gasteiger partial charge >= 0.3 is 0 Å². The topological polar surface area (TPSA) is 80.9 Å². The Morgan fingerprint density at radius 1 is 1.41 bits per heavy atom. The lowest BCUT2D eigenvalue weighted by Crippen LogP contribution is -2.36. The molecule has 1 heterocycles. The van der Waals surface area contributed by atoms with E-state index >= 15 is 0 Å². The smallest absolute Gasteiger partial charge is 0.241 e. The lowest BCUT2D eigenvalue weighted by atomic mass is 10.0. The summed E-state index contributed by atoms with van der Waals surface area (Å²) in [4.78, 5) is 19.2. The third kappa shape index (κ3) is 4.11. The molecule has 0 bridgehead atoms. The third-order valence-electron chi connectivity index (χ3n) is 2.07. The van der Waals surface area contributed by atoms with E-state index in [-0.39, 0.29) is 21.9 Å². The lowest BCUT2D eigenvalue weighted by Gasteiger charge is -2.14. The minimum atomic E-state index is -0.609. The van der Waals surface area contributed by atoms with Gasteiger partial charge in [0.15, 0.2) is 10.3 Å². The molecule has 17 heavy (non-hydrogen) atoms. The molecule has 0 aliphatic rings. The molecule has 0 spiro atoms. The van der Waals surface area contributed by atoms with Crippen LogP contribution in [0.1, 0.15) is 20.3 Å². The number of nitrogens with one attached hydrogen (secondary N) is 1. The maximum atomic E-state index is 11.7. The standard InChI is InChI=1S/C10H14Cl2N4O/c1-5(2)3-6(13)10(17)16-7-8(11)14-4-15-9(7)12/h4-6H,3,13H2,1-2H3,(H,16,17)/t6-/m1/s1. The van der Waals surface area contributed by atoms with Gasteiger partial charge in [-0.25, -0.2) is 9.97 Å². The van der Waals surface area contributed by atoms with Crippen LogP contribution in [-0.2, 0) is 4.79 Å². The summed E-state index contributed by atoms with van der Waals surface area (Å²) in [5.74, 6) is -0.0222. The summed E-state index contributed by atoms with van der Waals surface area (Å²) >= 11 is 11.6. The molecule has 0 aliphatic carbocycles. The Morgan fingerprint density at radius 3 is 2.41 bits per heavy atom. The van der Waals surface area contributed by atoms with Crippen molar-refractivity contribution in [2.24, 2.45) is 11.7 Å². The summed E-state index contributed by atoms with van der Waals surface area (Å²) in [6, 6.07) is -0.609. The number of anilines is 1. The van der Waals surface area contributed by atoms with E-state index in [1.807, 2.05) is 13.8 Å². The molecule has 0 saturated carbocycles. The fourth-order valence-corrected chi connectivity index (χ4v) is 1.69. The normalized spacial score (nSPS) is 12.6. The highest BCUT2D eigenvalue weighted by Crippen LogP contribution is 2.25. The molecule has 5 nitrogen and oxygen atoms in total. The van der Waals surface area contributed by atoms with E-state index in [1.54, 1.807) is 0 Å². The molecule has 0 saturated heterocycles. The first-order valence-corrected chi connectivity index (χ1v) is 5.89.